The number of hydrogen-bond donors (Lipinski definition) is 1. The van der Waals surface area contributed by atoms with E-state index < -0.39 is 5.60 Å². The molecule has 0 aromatic rings. The zero-order chi connectivity index (χ0) is 14.8. The maximum atomic E-state index is 12.0. The highest BCUT2D eigenvalue weighted by Gasteiger charge is 2.41. The monoisotopic (exact) mass is 285 g/mol. The van der Waals surface area contributed by atoms with Crippen LogP contribution in [-0.2, 0) is 9.47 Å². The zero-order valence-electron chi connectivity index (χ0n) is 12.9. The van der Waals surface area contributed by atoms with Gasteiger partial charge in [0.05, 0.1) is 18.3 Å². The highest BCUT2D eigenvalue weighted by molar-refractivity contribution is 5.68. The van der Waals surface area contributed by atoms with Gasteiger partial charge in [0.25, 0.3) is 0 Å². The second-order valence-corrected chi connectivity index (χ2v) is 6.97. The fraction of sp³-hybridized carbons (Fsp3) is 0.933. The Morgan fingerprint density at radius 2 is 2.00 bits per heavy atom. The van der Waals surface area contributed by atoms with E-state index in [2.05, 4.69) is 0 Å². The molecule has 2 rings (SSSR count). The number of carbonyl (C=O) groups excluding carboxylic acids is 1. The molecule has 0 aromatic carbocycles. The number of aliphatic hydroxyl groups is 1. The van der Waals surface area contributed by atoms with Crippen LogP contribution in [0.5, 0.6) is 0 Å². The van der Waals surface area contributed by atoms with Crippen molar-refractivity contribution in [2.45, 2.75) is 70.2 Å². The van der Waals surface area contributed by atoms with E-state index in [0.717, 1.165) is 32.1 Å². The van der Waals surface area contributed by atoms with Crippen molar-refractivity contribution < 1.29 is 19.4 Å². The quantitative estimate of drug-likeness (QED) is 0.803. The Balaban J connectivity index is 1.87. The third kappa shape index (κ3) is 3.85. The summed E-state index contributed by atoms with van der Waals surface area (Å²) in [5.41, 5.74) is -0.584. The van der Waals surface area contributed by atoms with Gasteiger partial charge < -0.3 is 19.5 Å². The van der Waals surface area contributed by atoms with Crippen LogP contribution in [0, 0.1) is 0 Å². The molecule has 1 atom stereocenters. The highest BCUT2D eigenvalue weighted by atomic mass is 16.6. The Morgan fingerprint density at radius 1 is 1.35 bits per heavy atom. The van der Waals surface area contributed by atoms with Crippen LogP contribution in [0.3, 0.4) is 0 Å². The van der Waals surface area contributed by atoms with Crippen molar-refractivity contribution in [2.75, 3.05) is 19.7 Å². The molecule has 20 heavy (non-hydrogen) atoms. The summed E-state index contributed by atoms with van der Waals surface area (Å²) in [6.45, 7) is 7.09. The van der Waals surface area contributed by atoms with Crippen molar-refractivity contribution in [3.63, 3.8) is 0 Å². The average molecular weight is 285 g/mol. The molecule has 1 unspecified atom stereocenters. The maximum absolute atomic E-state index is 12.0. The number of aliphatic hydroxyl groups excluding tert-OH is 1. The van der Waals surface area contributed by atoms with Crippen LogP contribution in [0.15, 0.2) is 0 Å². The Bertz CT molecular complexity index is 342. The zero-order valence-corrected chi connectivity index (χ0v) is 12.9. The van der Waals surface area contributed by atoms with Crippen LogP contribution in [0.4, 0.5) is 4.79 Å². The summed E-state index contributed by atoms with van der Waals surface area (Å²) in [6.07, 6.45) is 4.47. The molecule has 0 radical (unpaired) electrons. The van der Waals surface area contributed by atoms with Gasteiger partial charge in [-0.3, -0.25) is 0 Å². The standard InChI is InChI=1S/C15H27NO4/c1-14(2,3)20-13(18)16-9-7-15(8-10-16)6-4-5-12(11-17)19-15/h12,17H,4-11H2,1-3H3. The molecular weight excluding hydrogens is 258 g/mol. The van der Waals surface area contributed by atoms with E-state index in [1.807, 2.05) is 20.8 Å². The molecule has 0 bridgehead atoms. The van der Waals surface area contributed by atoms with E-state index in [0.29, 0.717) is 13.1 Å². The molecule has 5 nitrogen and oxygen atoms in total. The molecule has 1 amide bonds. The molecule has 2 fully saturated rings. The summed E-state index contributed by atoms with van der Waals surface area (Å²) in [5.74, 6) is 0. The number of carbonyl (C=O) groups is 1. The van der Waals surface area contributed by atoms with Gasteiger partial charge in [0.2, 0.25) is 0 Å². The lowest BCUT2D eigenvalue weighted by Gasteiger charge is -2.46. The van der Waals surface area contributed by atoms with Crippen LogP contribution in [0.1, 0.15) is 52.9 Å². The minimum absolute atomic E-state index is 0.0307. The van der Waals surface area contributed by atoms with Gasteiger partial charge in [0, 0.05) is 13.1 Å². The van der Waals surface area contributed by atoms with Gasteiger partial charge in [-0.25, -0.2) is 4.79 Å². The Labute approximate surface area is 121 Å². The predicted octanol–water partition coefficient (Wildman–Crippen LogP) is 2.32. The first-order chi connectivity index (χ1) is 9.34. The number of piperidine rings is 1. The molecule has 0 aromatic heterocycles. The van der Waals surface area contributed by atoms with E-state index in [-0.39, 0.29) is 24.4 Å². The Kier molecular flexibility index (Phi) is 4.59. The Hall–Kier alpha value is -0.810. The summed E-state index contributed by atoms with van der Waals surface area (Å²) in [6, 6.07) is 0. The van der Waals surface area contributed by atoms with Crippen molar-refractivity contribution in [2.24, 2.45) is 0 Å². The van der Waals surface area contributed by atoms with Gasteiger partial charge >= 0.3 is 6.09 Å². The summed E-state index contributed by atoms with van der Waals surface area (Å²) < 4.78 is 11.5. The van der Waals surface area contributed by atoms with Crippen LogP contribution in [-0.4, -0.2) is 53.1 Å². The van der Waals surface area contributed by atoms with E-state index in [4.69, 9.17) is 9.47 Å². The molecule has 2 aliphatic rings. The molecule has 1 N–H and O–H groups in total. The van der Waals surface area contributed by atoms with Crippen molar-refractivity contribution in [3.8, 4) is 0 Å². The van der Waals surface area contributed by atoms with Gasteiger partial charge in [-0.15, -0.1) is 0 Å². The van der Waals surface area contributed by atoms with Crippen LogP contribution >= 0.6 is 0 Å². The molecule has 2 heterocycles. The fourth-order valence-electron chi connectivity index (χ4n) is 3.04. The maximum Gasteiger partial charge on any atom is 0.410 e. The fourth-order valence-corrected chi connectivity index (χ4v) is 3.04. The number of likely N-dealkylation sites (tertiary alicyclic amines) is 1. The first-order valence-electron chi connectivity index (χ1n) is 7.60. The SMILES string of the molecule is CC(C)(C)OC(=O)N1CCC2(CCCC(CO)O2)CC1. The lowest BCUT2D eigenvalue weighted by molar-refractivity contribution is -0.162. The average Bonchev–Trinajstić information content (AvgIpc) is 2.37. The van der Waals surface area contributed by atoms with E-state index in [1.165, 1.54) is 0 Å². The largest absolute Gasteiger partial charge is 0.444 e. The van der Waals surface area contributed by atoms with Crippen molar-refractivity contribution in [1.29, 1.82) is 0 Å². The van der Waals surface area contributed by atoms with E-state index in [9.17, 15) is 9.90 Å². The molecule has 0 saturated carbocycles. The smallest absolute Gasteiger partial charge is 0.410 e. The highest BCUT2D eigenvalue weighted by Crippen LogP contribution is 2.37. The van der Waals surface area contributed by atoms with Gasteiger partial charge in [-0.2, -0.15) is 0 Å². The molecule has 2 aliphatic heterocycles. The van der Waals surface area contributed by atoms with Crippen LogP contribution in [0.25, 0.3) is 0 Å². The molecule has 2 saturated heterocycles. The van der Waals surface area contributed by atoms with Gasteiger partial charge in [-0.05, 0) is 52.9 Å². The minimum Gasteiger partial charge on any atom is -0.444 e. The van der Waals surface area contributed by atoms with Crippen LogP contribution in [0.2, 0.25) is 0 Å². The summed E-state index contributed by atoms with van der Waals surface area (Å²) in [5, 5.41) is 9.26. The molecular formula is C15H27NO4. The second kappa shape index (κ2) is 5.90. The molecule has 5 heteroatoms. The Morgan fingerprint density at radius 3 is 2.55 bits per heavy atom. The predicted molar refractivity (Wildman–Crippen MR) is 75.6 cm³/mol. The van der Waals surface area contributed by atoms with E-state index in [1.54, 1.807) is 4.90 Å². The lowest BCUT2D eigenvalue weighted by Crippen LogP contribution is -2.52. The number of amides is 1. The lowest BCUT2D eigenvalue weighted by atomic mass is 9.83. The summed E-state index contributed by atoms with van der Waals surface area (Å²) in [4.78, 5) is 13.8. The number of nitrogens with zero attached hydrogens (tertiary/aromatic N) is 1. The van der Waals surface area contributed by atoms with Gasteiger partial charge in [-0.1, -0.05) is 0 Å². The third-order valence-corrected chi connectivity index (χ3v) is 4.11. The minimum atomic E-state index is -0.449. The van der Waals surface area contributed by atoms with Gasteiger partial charge in [0.1, 0.15) is 5.60 Å². The second-order valence-electron chi connectivity index (χ2n) is 6.97. The van der Waals surface area contributed by atoms with Crippen LogP contribution < -0.4 is 0 Å². The summed E-state index contributed by atoms with van der Waals surface area (Å²) >= 11 is 0. The number of hydrogen-bond acceptors (Lipinski definition) is 4. The van der Waals surface area contributed by atoms with E-state index >= 15 is 0 Å². The number of ether oxygens (including phenoxy) is 2. The molecule has 1 spiro atoms. The normalized spacial score (nSPS) is 26.6. The summed E-state index contributed by atoms with van der Waals surface area (Å²) in [7, 11) is 0. The topological polar surface area (TPSA) is 59.0 Å². The van der Waals surface area contributed by atoms with Crippen molar-refractivity contribution in [1.82, 2.24) is 4.90 Å². The van der Waals surface area contributed by atoms with Crippen molar-refractivity contribution >= 4 is 6.09 Å². The first kappa shape index (κ1) is 15.6. The van der Waals surface area contributed by atoms with Gasteiger partial charge in [0.15, 0.2) is 0 Å². The molecule has 0 aliphatic carbocycles. The number of rotatable bonds is 1. The van der Waals surface area contributed by atoms with Crippen molar-refractivity contribution in [3.05, 3.63) is 0 Å². The molecule has 116 valence electrons. The third-order valence-electron chi connectivity index (χ3n) is 4.11. The first-order valence-corrected chi connectivity index (χ1v) is 7.60.